The van der Waals surface area contributed by atoms with Gasteiger partial charge in [-0.05, 0) is 43.7 Å². The maximum Gasteiger partial charge on any atom is 0.119 e. The highest BCUT2D eigenvalue weighted by molar-refractivity contribution is 5.49. The first kappa shape index (κ1) is 13.7. The van der Waals surface area contributed by atoms with E-state index < -0.39 is 0 Å². The smallest absolute Gasteiger partial charge is 0.119 e. The molecule has 4 heteroatoms. The molecule has 2 saturated heterocycles. The minimum absolute atomic E-state index is 0.272. The van der Waals surface area contributed by atoms with Crippen molar-refractivity contribution in [1.29, 1.82) is 0 Å². The lowest BCUT2D eigenvalue weighted by Gasteiger charge is -2.39. The van der Waals surface area contributed by atoms with E-state index >= 15 is 0 Å². The summed E-state index contributed by atoms with van der Waals surface area (Å²) in [6.45, 7) is 5.95. The minimum atomic E-state index is 0.272. The van der Waals surface area contributed by atoms with Gasteiger partial charge in [0.05, 0.1) is 20.3 Å². The molecule has 0 saturated carbocycles. The van der Waals surface area contributed by atoms with E-state index in [0.29, 0.717) is 0 Å². The van der Waals surface area contributed by atoms with Crippen LogP contribution in [-0.4, -0.2) is 46.5 Å². The number of hydrogen-bond acceptors (Lipinski definition) is 4. The first-order valence-electron chi connectivity index (χ1n) is 7.49. The molecule has 1 N–H and O–H groups in total. The van der Waals surface area contributed by atoms with Crippen molar-refractivity contribution in [3.8, 4) is 5.75 Å². The fourth-order valence-electron chi connectivity index (χ4n) is 3.29. The number of hydrogen-bond donors (Lipinski definition) is 1. The Balaban J connectivity index is 1.76. The standard InChI is InChI=1S/C16H24N2O2/c1-19-15-5-3-14(4-6-15)18-9-10-20-13-16(12-18)7-2-8-17-11-16/h3-6,17H,2,7-13H2,1H3/t16-/m0/s1. The number of ether oxygens (including phenoxy) is 2. The summed E-state index contributed by atoms with van der Waals surface area (Å²) >= 11 is 0. The molecule has 1 spiro atoms. The third-order valence-corrected chi connectivity index (χ3v) is 4.44. The molecule has 0 bridgehead atoms. The fraction of sp³-hybridized carbons (Fsp3) is 0.625. The Kier molecular flexibility index (Phi) is 4.13. The van der Waals surface area contributed by atoms with E-state index in [1.807, 2.05) is 12.1 Å². The van der Waals surface area contributed by atoms with E-state index in [9.17, 15) is 0 Å². The molecule has 2 aliphatic rings. The molecular formula is C16H24N2O2. The molecular weight excluding hydrogens is 252 g/mol. The SMILES string of the molecule is COc1ccc(N2CCOC[C@]3(CCCNC3)C2)cc1. The average molecular weight is 276 g/mol. The van der Waals surface area contributed by atoms with Crippen molar-refractivity contribution in [1.82, 2.24) is 5.32 Å². The maximum absolute atomic E-state index is 5.88. The van der Waals surface area contributed by atoms with Crippen LogP contribution >= 0.6 is 0 Å². The van der Waals surface area contributed by atoms with Gasteiger partial charge in [-0.25, -0.2) is 0 Å². The van der Waals surface area contributed by atoms with Crippen LogP contribution in [0, 0.1) is 5.41 Å². The van der Waals surface area contributed by atoms with E-state index in [1.54, 1.807) is 7.11 Å². The van der Waals surface area contributed by atoms with E-state index in [4.69, 9.17) is 9.47 Å². The third kappa shape index (κ3) is 2.91. The van der Waals surface area contributed by atoms with Crippen molar-refractivity contribution in [3.63, 3.8) is 0 Å². The van der Waals surface area contributed by atoms with Crippen LogP contribution < -0.4 is 15.0 Å². The first-order chi connectivity index (χ1) is 9.81. The normalized spacial score (nSPS) is 27.4. The van der Waals surface area contributed by atoms with Crippen molar-refractivity contribution >= 4 is 5.69 Å². The van der Waals surface area contributed by atoms with Gasteiger partial charge in [0.15, 0.2) is 0 Å². The molecule has 1 atom stereocenters. The number of methoxy groups -OCH3 is 1. The second-order valence-corrected chi connectivity index (χ2v) is 5.95. The summed E-state index contributed by atoms with van der Waals surface area (Å²) < 4.78 is 11.1. The van der Waals surface area contributed by atoms with Gasteiger partial charge in [0.25, 0.3) is 0 Å². The van der Waals surface area contributed by atoms with Gasteiger partial charge in [-0.15, -0.1) is 0 Å². The molecule has 2 aliphatic heterocycles. The highest BCUT2D eigenvalue weighted by Crippen LogP contribution is 2.32. The van der Waals surface area contributed by atoms with Gasteiger partial charge < -0.3 is 19.7 Å². The van der Waals surface area contributed by atoms with Gasteiger partial charge >= 0.3 is 0 Å². The Hall–Kier alpha value is -1.26. The summed E-state index contributed by atoms with van der Waals surface area (Å²) in [5.41, 5.74) is 1.54. The van der Waals surface area contributed by atoms with Crippen LogP contribution in [0.25, 0.3) is 0 Å². The Bertz CT molecular complexity index is 427. The molecule has 3 rings (SSSR count). The van der Waals surface area contributed by atoms with E-state index in [0.717, 1.165) is 45.1 Å². The third-order valence-electron chi connectivity index (χ3n) is 4.44. The zero-order chi connectivity index (χ0) is 13.8. The zero-order valence-corrected chi connectivity index (χ0v) is 12.2. The maximum atomic E-state index is 5.88. The molecule has 1 aromatic rings. The highest BCUT2D eigenvalue weighted by atomic mass is 16.5. The van der Waals surface area contributed by atoms with E-state index in [2.05, 4.69) is 22.3 Å². The van der Waals surface area contributed by atoms with Crippen molar-refractivity contribution in [2.24, 2.45) is 5.41 Å². The van der Waals surface area contributed by atoms with Crippen LogP contribution in [0.3, 0.4) is 0 Å². The van der Waals surface area contributed by atoms with Crippen LogP contribution in [0.1, 0.15) is 12.8 Å². The zero-order valence-electron chi connectivity index (χ0n) is 12.2. The quantitative estimate of drug-likeness (QED) is 0.894. The van der Waals surface area contributed by atoms with Gasteiger partial charge in [-0.1, -0.05) is 0 Å². The number of anilines is 1. The van der Waals surface area contributed by atoms with Crippen molar-refractivity contribution in [2.75, 3.05) is 51.4 Å². The van der Waals surface area contributed by atoms with Gasteiger partial charge in [0.1, 0.15) is 5.75 Å². The Morgan fingerprint density at radius 1 is 1.30 bits per heavy atom. The molecule has 0 radical (unpaired) electrons. The minimum Gasteiger partial charge on any atom is -0.497 e. The van der Waals surface area contributed by atoms with Gasteiger partial charge in [0, 0.05) is 30.7 Å². The molecule has 20 heavy (non-hydrogen) atoms. The van der Waals surface area contributed by atoms with Gasteiger partial charge in [0.2, 0.25) is 0 Å². The van der Waals surface area contributed by atoms with Crippen LogP contribution in [0.5, 0.6) is 5.75 Å². The molecule has 2 fully saturated rings. The Morgan fingerprint density at radius 3 is 2.85 bits per heavy atom. The van der Waals surface area contributed by atoms with E-state index in [1.165, 1.54) is 18.5 Å². The second-order valence-electron chi connectivity index (χ2n) is 5.95. The highest BCUT2D eigenvalue weighted by Gasteiger charge is 2.36. The van der Waals surface area contributed by atoms with Crippen LogP contribution in [0.15, 0.2) is 24.3 Å². The summed E-state index contributed by atoms with van der Waals surface area (Å²) in [7, 11) is 1.71. The molecule has 4 nitrogen and oxygen atoms in total. The summed E-state index contributed by atoms with van der Waals surface area (Å²) in [5, 5.41) is 3.54. The summed E-state index contributed by atoms with van der Waals surface area (Å²) in [6.07, 6.45) is 2.51. The predicted molar refractivity (Wildman–Crippen MR) is 80.6 cm³/mol. The van der Waals surface area contributed by atoms with E-state index in [-0.39, 0.29) is 5.41 Å². The predicted octanol–water partition coefficient (Wildman–Crippen LogP) is 1.90. The first-order valence-corrected chi connectivity index (χ1v) is 7.49. The number of piperidine rings is 1. The molecule has 0 aliphatic carbocycles. The van der Waals surface area contributed by atoms with Crippen LogP contribution in [0.4, 0.5) is 5.69 Å². The average Bonchev–Trinajstić information content (AvgIpc) is 2.71. The van der Waals surface area contributed by atoms with Crippen LogP contribution in [0.2, 0.25) is 0 Å². The topological polar surface area (TPSA) is 33.7 Å². The monoisotopic (exact) mass is 276 g/mol. The number of rotatable bonds is 2. The number of nitrogens with zero attached hydrogens (tertiary/aromatic N) is 1. The summed E-state index contributed by atoms with van der Waals surface area (Å²) in [6, 6.07) is 8.36. The summed E-state index contributed by atoms with van der Waals surface area (Å²) in [5.74, 6) is 0.911. The van der Waals surface area contributed by atoms with Crippen molar-refractivity contribution < 1.29 is 9.47 Å². The van der Waals surface area contributed by atoms with Crippen LogP contribution in [-0.2, 0) is 4.74 Å². The van der Waals surface area contributed by atoms with Gasteiger partial charge in [-0.2, -0.15) is 0 Å². The van der Waals surface area contributed by atoms with Crippen molar-refractivity contribution in [2.45, 2.75) is 12.8 Å². The van der Waals surface area contributed by atoms with Crippen molar-refractivity contribution in [3.05, 3.63) is 24.3 Å². The second kappa shape index (κ2) is 6.02. The largest absolute Gasteiger partial charge is 0.497 e. The molecule has 2 heterocycles. The molecule has 0 amide bonds. The molecule has 0 unspecified atom stereocenters. The number of nitrogens with one attached hydrogen (secondary N) is 1. The van der Waals surface area contributed by atoms with Gasteiger partial charge in [-0.3, -0.25) is 0 Å². The summed E-state index contributed by atoms with van der Waals surface area (Å²) in [4.78, 5) is 2.46. The lowest BCUT2D eigenvalue weighted by atomic mass is 9.81. The Labute approximate surface area is 121 Å². The molecule has 0 aromatic heterocycles. The molecule has 1 aromatic carbocycles. The lowest BCUT2D eigenvalue weighted by molar-refractivity contribution is 0.0536. The fourth-order valence-corrected chi connectivity index (χ4v) is 3.29. The Morgan fingerprint density at radius 2 is 2.15 bits per heavy atom. The number of benzene rings is 1. The molecule has 110 valence electrons. The lowest BCUT2D eigenvalue weighted by Crippen LogP contribution is -2.48.